The van der Waals surface area contributed by atoms with E-state index in [1.54, 1.807) is 30.0 Å². The molecule has 2 aromatic rings. The van der Waals surface area contributed by atoms with E-state index in [0.717, 1.165) is 0 Å². The van der Waals surface area contributed by atoms with Gasteiger partial charge in [0.05, 0.1) is 21.7 Å². The van der Waals surface area contributed by atoms with Gasteiger partial charge >= 0.3 is 0 Å². The molecule has 1 aromatic carbocycles. The first-order valence-corrected chi connectivity index (χ1v) is 8.04. The molecule has 0 spiro atoms. The Bertz CT molecular complexity index is 875. The van der Waals surface area contributed by atoms with Crippen LogP contribution in [0, 0.1) is 0 Å². The molecule has 0 aliphatic carbocycles. The van der Waals surface area contributed by atoms with E-state index < -0.39 is 15.7 Å². The molecule has 3 heterocycles. The van der Waals surface area contributed by atoms with E-state index >= 15 is 0 Å². The largest absolute Gasteiger partial charge is 0.317 e. The van der Waals surface area contributed by atoms with Crippen molar-refractivity contribution in [2.45, 2.75) is 18.3 Å². The van der Waals surface area contributed by atoms with Crippen molar-refractivity contribution in [3.63, 3.8) is 0 Å². The van der Waals surface area contributed by atoms with Crippen molar-refractivity contribution >= 4 is 27.6 Å². The molecular formula is C14H13N3O3S. The highest BCUT2D eigenvalue weighted by molar-refractivity contribution is 7.86. The number of benzene rings is 1. The molecule has 2 atom stereocenters. The lowest BCUT2D eigenvalue weighted by Crippen LogP contribution is -2.54. The lowest BCUT2D eigenvalue weighted by Gasteiger charge is -2.38. The van der Waals surface area contributed by atoms with Gasteiger partial charge in [0.1, 0.15) is 6.54 Å². The molecule has 0 saturated carbocycles. The first-order chi connectivity index (χ1) is 10.0. The second kappa shape index (κ2) is 4.00. The smallest absolute Gasteiger partial charge is 0.261 e. The molecule has 1 fully saturated rings. The molecule has 21 heavy (non-hydrogen) atoms. The van der Waals surface area contributed by atoms with E-state index in [0.29, 0.717) is 29.0 Å². The summed E-state index contributed by atoms with van der Waals surface area (Å²) in [6.45, 7) is 2.16. The molecule has 4 rings (SSSR count). The lowest BCUT2D eigenvalue weighted by molar-refractivity contribution is -0.136. The van der Waals surface area contributed by atoms with Gasteiger partial charge in [-0.1, -0.05) is 12.1 Å². The predicted molar refractivity (Wildman–Crippen MR) is 78.1 cm³/mol. The molecule has 1 unspecified atom stereocenters. The monoisotopic (exact) mass is 303 g/mol. The van der Waals surface area contributed by atoms with E-state index in [9.17, 15) is 13.8 Å². The van der Waals surface area contributed by atoms with Crippen LogP contribution >= 0.6 is 0 Å². The number of amides is 1. The maximum atomic E-state index is 12.6. The van der Waals surface area contributed by atoms with Crippen LogP contribution in [0.25, 0.3) is 10.9 Å². The van der Waals surface area contributed by atoms with Gasteiger partial charge in [-0.15, -0.1) is 0 Å². The summed E-state index contributed by atoms with van der Waals surface area (Å²) in [5, 5.41) is 0.481. The van der Waals surface area contributed by atoms with Crippen molar-refractivity contribution in [1.29, 1.82) is 0 Å². The summed E-state index contributed by atoms with van der Waals surface area (Å²) in [6.07, 6.45) is 0. The van der Waals surface area contributed by atoms with Gasteiger partial charge in [0.2, 0.25) is 5.91 Å². The van der Waals surface area contributed by atoms with E-state index in [-0.39, 0.29) is 18.0 Å². The zero-order valence-corrected chi connectivity index (χ0v) is 12.2. The summed E-state index contributed by atoms with van der Waals surface area (Å²) < 4.78 is 13.8. The molecular weight excluding hydrogens is 290 g/mol. The van der Waals surface area contributed by atoms with Gasteiger partial charge < -0.3 is 4.90 Å². The van der Waals surface area contributed by atoms with Crippen molar-refractivity contribution in [1.82, 2.24) is 14.5 Å². The van der Waals surface area contributed by atoms with Crippen molar-refractivity contribution in [3.05, 3.63) is 40.4 Å². The Kier molecular flexibility index (Phi) is 2.42. The third-order valence-corrected chi connectivity index (χ3v) is 6.17. The van der Waals surface area contributed by atoms with Gasteiger partial charge in [-0.2, -0.15) is 0 Å². The number of aromatic nitrogens is 2. The van der Waals surface area contributed by atoms with E-state index in [4.69, 9.17) is 0 Å². The number of carbonyl (C=O) groups excluding carboxylic acids is 1. The minimum atomic E-state index is -1.26. The van der Waals surface area contributed by atoms with E-state index in [1.165, 1.54) is 4.57 Å². The van der Waals surface area contributed by atoms with Crippen molar-refractivity contribution in [3.8, 4) is 0 Å². The first kappa shape index (κ1) is 12.7. The molecule has 1 saturated heterocycles. The highest BCUT2D eigenvalue weighted by Gasteiger charge is 2.53. The average molecular weight is 303 g/mol. The summed E-state index contributed by atoms with van der Waals surface area (Å²) in [7, 11) is -1.26. The van der Waals surface area contributed by atoms with Crippen LogP contribution in [0.4, 0.5) is 0 Å². The fourth-order valence-corrected chi connectivity index (χ4v) is 4.73. The molecule has 0 N–H and O–H groups in total. The number of hydrogen-bond donors (Lipinski definition) is 0. The van der Waals surface area contributed by atoms with Crippen LogP contribution in [0.2, 0.25) is 0 Å². The number of para-hydroxylation sites is 1. The highest BCUT2D eigenvalue weighted by atomic mass is 32.2. The zero-order valence-electron chi connectivity index (χ0n) is 11.4. The summed E-state index contributed by atoms with van der Waals surface area (Å²) in [6, 6.07) is 7.04. The molecule has 1 amide bonds. The van der Waals surface area contributed by atoms with Crippen LogP contribution in [-0.4, -0.2) is 36.9 Å². The average Bonchev–Trinajstić information content (AvgIpc) is 2.79. The Balaban J connectivity index is 2.13. The number of carbonyl (C=O) groups is 1. The highest BCUT2D eigenvalue weighted by Crippen LogP contribution is 2.38. The van der Waals surface area contributed by atoms with Crippen LogP contribution in [0.3, 0.4) is 0 Å². The Hall–Kier alpha value is -2.02. The Labute approximate surface area is 122 Å². The Morgan fingerprint density at radius 3 is 2.86 bits per heavy atom. The predicted octanol–water partition coefficient (Wildman–Crippen LogP) is 0.174. The van der Waals surface area contributed by atoms with Crippen molar-refractivity contribution in [2.75, 3.05) is 12.3 Å². The fourth-order valence-electron chi connectivity index (χ4n) is 3.18. The molecule has 6 nitrogen and oxygen atoms in total. The molecule has 2 aliphatic heterocycles. The van der Waals surface area contributed by atoms with Crippen LogP contribution in [0.5, 0.6) is 0 Å². The molecule has 7 heteroatoms. The summed E-state index contributed by atoms with van der Waals surface area (Å²) in [5.41, 5.74) is 0.335. The fraction of sp³-hybridized carbons (Fsp3) is 0.357. The van der Waals surface area contributed by atoms with E-state index in [1.807, 2.05) is 6.07 Å². The maximum absolute atomic E-state index is 12.6. The quantitative estimate of drug-likeness (QED) is 0.696. The van der Waals surface area contributed by atoms with Gasteiger partial charge in [0, 0.05) is 12.3 Å². The number of rotatable bonds is 0. The topological polar surface area (TPSA) is 72.3 Å². The maximum Gasteiger partial charge on any atom is 0.261 e. The SMILES string of the molecule is C[C@]12c3nc4ccccc4c(=O)n3CC(=O)N1CCS2=O. The standard InChI is InChI=1S/C14H13N3O3S/c1-14-13-15-10-5-3-2-4-9(10)12(19)16(13)8-11(18)17(14)6-7-21(14)20/h2-5H,6-8H2,1H3/t14-,21?/m0/s1. The minimum absolute atomic E-state index is 0.0290. The summed E-state index contributed by atoms with van der Waals surface area (Å²) in [5.74, 6) is 0.682. The normalized spacial score (nSPS) is 27.8. The third kappa shape index (κ3) is 1.47. The van der Waals surface area contributed by atoms with Crippen LogP contribution in [-0.2, 0) is 27.0 Å². The number of fused-ring (bicyclic) bond motifs is 4. The first-order valence-electron chi connectivity index (χ1n) is 6.72. The molecule has 2 aliphatic rings. The second-order valence-corrected chi connectivity index (χ2v) is 7.32. The van der Waals surface area contributed by atoms with E-state index in [2.05, 4.69) is 4.98 Å². The van der Waals surface area contributed by atoms with Gasteiger partial charge in [-0.05, 0) is 19.1 Å². The summed E-state index contributed by atoms with van der Waals surface area (Å²) in [4.78, 5) is 30.0. The van der Waals surface area contributed by atoms with Gasteiger partial charge in [0.15, 0.2) is 10.7 Å². The molecule has 108 valence electrons. The molecule has 1 aromatic heterocycles. The Morgan fingerprint density at radius 1 is 1.29 bits per heavy atom. The van der Waals surface area contributed by atoms with Crippen molar-refractivity contribution in [2.24, 2.45) is 0 Å². The van der Waals surface area contributed by atoms with Crippen LogP contribution < -0.4 is 5.56 Å². The van der Waals surface area contributed by atoms with Crippen LogP contribution in [0.1, 0.15) is 12.7 Å². The molecule has 0 bridgehead atoms. The van der Waals surface area contributed by atoms with Gasteiger partial charge in [0.25, 0.3) is 5.56 Å². The number of nitrogens with zero attached hydrogens (tertiary/aromatic N) is 3. The van der Waals surface area contributed by atoms with Crippen molar-refractivity contribution < 1.29 is 9.00 Å². The second-order valence-electron chi connectivity index (χ2n) is 5.42. The third-order valence-electron chi connectivity index (χ3n) is 4.33. The number of hydrogen-bond acceptors (Lipinski definition) is 4. The van der Waals surface area contributed by atoms with Gasteiger partial charge in [-0.3, -0.25) is 18.4 Å². The zero-order chi connectivity index (χ0) is 14.8. The molecule has 0 radical (unpaired) electrons. The minimum Gasteiger partial charge on any atom is -0.317 e. The lowest BCUT2D eigenvalue weighted by atomic mass is 10.1. The summed E-state index contributed by atoms with van der Waals surface area (Å²) >= 11 is 0. The van der Waals surface area contributed by atoms with Crippen LogP contribution in [0.15, 0.2) is 29.1 Å². The van der Waals surface area contributed by atoms with Gasteiger partial charge in [-0.25, -0.2) is 4.98 Å². The Morgan fingerprint density at radius 2 is 2.05 bits per heavy atom.